The van der Waals surface area contributed by atoms with Gasteiger partial charge in [0, 0.05) is 16.1 Å². The van der Waals surface area contributed by atoms with Crippen LogP contribution >= 0.6 is 23.2 Å². The molecule has 35 heavy (non-hydrogen) atoms. The van der Waals surface area contributed by atoms with Gasteiger partial charge in [0.2, 0.25) is 29.0 Å². The minimum absolute atomic E-state index is 0.105. The van der Waals surface area contributed by atoms with Crippen LogP contribution in [-0.4, -0.2) is 29.0 Å². The van der Waals surface area contributed by atoms with Crippen LogP contribution < -0.4 is 4.90 Å². The van der Waals surface area contributed by atoms with E-state index in [1.165, 1.54) is 30.3 Å². The van der Waals surface area contributed by atoms with Crippen LogP contribution in [0.25, 0.3) is 0 Å². The zero-order valence-electron chi connectivity index (χ0n) is 18.3. The average Bonchev–Trinajstić information content (AvgIpc) is 3.40. The number of imide groups is 1. The Hall–Kier alpha value is -3.32. The quantitative estimate of drug-likeness (QED) is 0.361. The molecule has 0 saturated carbocycles. The molecule has 1 spiro atoms. The highest BCUT2D eigenvalue weighted by Crippen LogP contribution is 2.58. The van der Waals surface area contributed by atoms with Gasteiger partial charge in [-0.1, -0.05) is 77.3 Å². The number of amides is 2. The third-order valence-corrected chi connectivity index (χ3v) is 7.58. The molecule has 3 aromatic rings. The number of anilines is 1. The van der Waals surface area contributed by atoms with Crippen LogP contribution in [0.4, 0.5) is 5.69 Å². The van der Waals surface area contributed by atoms with Gasteiger partial charge in [-0.15, -0.1) is 0 Å². The number of carbonyl (C=O) groups excluding carboxylic acids is 4. The van der Waals surface area contributed by atoms with Gasteiger partial charge in [-0.25, -0.2) is 4.90 Å². The van der Waals surface area contributed by atoms with Gasteiger partial charge in [0.1, 0.15) is 0 Å². The molecule has 0 radical (unpaired) electrons. The summed E-state index contributed by atoms with van der Waals surface area (Å²) in [6.45, 7) is 1.88. The molecule has 2 amide bonds. The number of ketones is 2. The fourth-order valence-corrected chi connectivity index (χ4v) is 6.06. The van der Waals surface area contributed by atoms with E-state index < -0.39 is 46.9 Å². The van der Waals surface area contributed by atoms with Crippen molar-refractivity contribution in [3.8, 4) is 0 Å². The minimum atomic E-state index is -2.12. The van der Waals surface area contributed by atoms with Crippen molar-refractivity contribution in [2.24, 2.45) is 11.8 Å². The summed E-state index contributed by atoms with van der Waals surface area (Å²) in [6.07, 6.45) is -0.977. The van der Waals surface area contributed by atoms with Crippen molar-refractivity contribution in [1.82, 2.24) is 0 Å². The molecule has 2 fully saturated rings. The number of fused-ring (bicyclic) bond motifs is 3. The second kappa shape index (κ2) is 7.59. The number of hydrogen-bond donors (Lipinski definition) is 0. The highest BCUT2D eigenvalue weighted by molar-refractivity contribution is 6.40. The molecule has 0 bridgehead atoms. The Labute approximate surface area is 210 Å². The van der Waals surface area contributed by atoms with Gasteiger partial charge < -0.3 is 4.74 Å². The first kappa shape index (κ1) is 22.2. The summed E-state index contributed by atoms with van der Waals surface area (Å²) >= 11 is 12.4. The molecule has 8 heteroatoms. The maximum absolute atomic E-state index is 13.9. The lowest BCUT2D eigenvalue weighted by molar-refractivity contribution is -0.127. The van der Waals surface area contributed by atoms with E-state index in [2.05, 4.69) is 0 Å². The average molecular weight is 506 g/mol. The number of nitrogens with zero attached hydrogens (tertiary/aromatic N) is 1. The summed E-state index contributed by atoms with van der Waals surface area (Å²) in [7, 11) is 0. The molecule has 2 heterocycles. The van der Waals surface area contributed by atoms with E-state index >= 15 is 0 Å². The van der Waals surface area contributed by atoms with Gasteiger partial charge in [0.15, 0.2) is 0 Å². The standard InChI is InChI=1S/C27H17Cl2NO5/c1-13-5-4-6-14(11-13)22-20-21(26(34)30(25(20)33)19-10-9-15(28)12-18(19)29)27(35-22)23(31)16-7-2-3-8-17(16)24(27)32/h2-12,20-22H,1H3/t20-,21+,22+/m0/s1. The number of carbonyl (C=O) groups is 4. The van der Waals surface area contributed by atoms with E-state index in [0.29, 0.717) is 10.6 Å². The first-order valence-corrected chi connectivity index (χ1v) is 11.8. The van der Waals surface area contributed by atoms with E-state index in [9.17, 15) is 19.2 Å². The first-order valence-electron chi connectivity index (χ1n) is 11.0. The first-order chi connectivity index (χ1) is 16.8. The Kier molecular flexibility index (Phi) is 4.81. The Morgan fingerprint density at radius 3 is 2.14 bits per heavy atom. The van der Waals surface area contributed by atoms with Crippen molar-refractivity contribution >= 4 is 52.3 Å². The molecule has 3 atom stereocenters. The molecule has 3 aromatic carbocycles. The van der Waals surface area contributed by atoms with Gasteiger partial charge in [-0.05, 0) is 30.7 Å². The SMILES string of the molecule is Cc1cccc([C@H]2OC3(C(=O)c4ccccc4C3=O)[C@H]3C(=O)N(c4ccc(Cl)cc4Cl)C(=O)[C@H]23)c1. The monoisotopic (exact) mass is 505 g/mol. The van der Waals surface area contributed by atoms with E-state index in [-0.39, 0.29) is 21.8 Å². The summed E-state index contributed by atoms with van der Waals surface area (Å²) < 4.78 is 6.28. The lowest BCUT2D eigenvalue weighted by Crippen LogP contribution is -2.51. The number of benzene rings is 3. The molecule has 6 nitrogen and oxygen atoms in total. The fraction of sp³-hybridized carbons (Fsp3) is 0.185. The lowest BCUT2D eigenvalue weighted by Gasteiger charge is -2.27. The van der Waals surface area contributed by atoms with Crippen LogP contribution in [-0.2, 0) is 14.3 Å². The van der Waals surface area contributed by atoms with Gasteiger partial charge in [-0.2, -0.15) is 0 Å². The third kappa shape index (κ3) is 2.88. The summed E-state index contributed by atoms with van der Waals surface area (Å²) in [6, 6.07) is 18.1. The molecule has 6 rings (SSSR count). The fourth-order valence-electron chi connectivity index (χ4n) is 5.57. The lowest BCUT2D eigenvalue weighted by atomic mass is 9.77. The number of hydrogen-bond acceptors (Lipinski definition) is 5. The van der Waals surface area contributed by atoms with Crippen LogP contribution in [0.5, 0.6) is 0 Å². The van der Waals surface area contributed by atoms with Crippen molar-refractivity contribution < 1.29 is 23.9 Å². The van der Waals surface area contributed by atoms with Crippen molar-refractivity contribution in [1.29, 1.82) is 0 Å². The normalized spacial score (nSPS) is 24.4. The largest absolute Gasteiger partial charge is 0.349 e. The van der Waals surface area contributed by atoms with Crippen LogP contribution in [0, 0.1) is 18.8 Å². The molecule has 0 unspecified atom stereocenters. The molecule has 2 saturated heterocycles. The van der Waals surface area contributed by atoms with E-state index in [4.69, 9.17) is 27.9 Å². The second-order valence-corrected chi connectivity index (χ2v) is 9.85. The predicted octanol–water partition coefficient (Wildman–Crippen LogP) is 5.00. The topological polar surface area (TPSA) is 80.8 Å². The number of Topliss-reactive ketones (excluding diaryl/α,β-unsaturated/α-hetero) is 2. The van der Waals surface area contributed by atoms with Crippen LogP contribution in [0.1, 0.15) is 37.9 Å². The van der Waals surface area contributed by atoms with Crippen molar-refractivity contribution in [3.63, 3.8) is 0 Å². The minimum Gasteiger partial charge on any atom is -0.349 e. The van der Waals surface area contributed by atoms with Crippen molar-refractivity contribution in [2.75, 3.05) is 4.90 Å². The van der Waals surface area contributed by atoms with Crippen LogP contribution in [0.15, 0.2) is 66.7 Å². The molecule has 0 N–H and O–H groups in total. The second-order valence-electron chi connectivity index (χ2n) is 9.00. The van der Waals surface area contributed by atoms with Gasteiger partial charge in [-0.3, -0.25) is 19.2 Å². The Morgan fingerprint density at radius 2 is 1.51 bits per heavy atom. The molecule has 174 valence electrons. The maximum atomic E-state index is 13.9. The van der Waals surface area contributed by atoms with E-state index in [1.807, 2.05) is 19.1 Å². The molecular formula is C27H17Cl2NO5. The molecular weight excluding hydrogens is 489 g/mol. The maximum Gasteiger partial charge on any atom is 0.241 e. The summed E-state index contributed by atoms with van der Waals surface area (Å²) in [5, 5.41) is 0.445. The molecule has 1 aliphatic carbocycles. The Bertz CT molecular complexity index is 1450. The van der Waals surface area contributed by atoms with Crippen LogP contribution in [0.2, 0.25) is 10.0 Å². The number of rotatable bonds is 2. The Balaban J connectivity index is 1.56. The van der Waals surface area contributed by atoms with Crippen molar-refractivity contribution in [3.05, 3.63) is 99.0 Å². The smallest absolute Gasteiger partial charge is 0.241 e. The zero-order chi connectivity index (χ0) is 24.6. The van der Waals surface area contributed by atoms with Gasteiger partial charge in [0.25, 0.3) is 0 Å². The number of aryl methyl sites for hydroxylation is 1. The van der Waals surface area contributed by atoms with Crippen LogP contribution in [0.3, 0.4) is 0 Å². The molecule has 2 aliphatic heterocycles. The highest BCUT2D eigenvalue weighted by atomic mass is 35.5. The molecule has 3 aliphatic rings. The van der Waals surface area contributed by atoms with E-state index in [0.717, 1.165) is 10.5 Å². The highest BCUT2D eigenvalue weighted by Gasteiger charge is 2.74. The predicted molar refractivity (Wildman–Crippen MR) is 129 cm³/mol. The van der Waals surface area contributed by atoms with Gasteiger partial charge in [0.05, 0.1) is 28.6 Å². The van der Waals surface area contributed by atoms with E-state index in [1.54, 1.807) is 24.3 Å². The summed E-state index contributed by atoms with van der Waals surface area (Å²) in [5.41, 5.74) is -0.0879. The van der Waals surface area contributed by atoms with Crippen molar-refractivity contribution in [2.45, 2.75) is 18.6 Å². The number of ether oxygens (including phenoxy) is 1. The molecule has 0 aromatic heterocycles. The number of halogens is 2. The van der Waals surface area contributed by atoms with Gasteiger partial charge >= 0.3 is 0 Å². The third-order valence-electron chi connectivity index (χ3n) is 7.04. The zero-order valence-corrected chi connectivity index (χ0v) is 19.8. The summed E-state index contributed by atoms with van der Waals surface area (Å²) in [4.78, 5) is 56.2. The summed E-state index contributed by atoms with van der Waals surface area (Å²) in [5.74, 6) is -4.90. The Morgan fingerprint density at radius 1 is 0.829 bits per heavy atom.